The summed E-state index contributed by atoms with van der Waals surface area (Å²) in [6, 6.07) is 62.8. The Morgan fingerprint density at radius 1 is 0.593 bits per heavy atom. The molecule has 9 aromatic rings. The van der Waals surface area contributed by atoms with Gasteiger partial charge < -0.3 is 4.57 Å². The van der Waals surface area contributed by atoms with Crippen LogP contribution in [0.15, 0.2) is 164 Å². The van der Waals surface area contributed by atoms with Crippen molar-refractivity contribution in [2.75, 3.05) is 0 Å². The van der Waals surface area contributed by atoms with Crippen molar-refractivity contribution in [2.45, 2.75) is 45.1 Å². The Morgan fingerprint density at radius 2 is 1.22 bits per heavy atom. The molecule has 268 valence electrons. The van der Waals surface area contributed by atoms with Gasteiger partial charge in [0.2, 0.25) is 0 Å². The SMILES string of the molecule is CC(C)c1ccnc(-n2c3[c-]c(C(c4[c-]c(-n5[cH+]n(C(C)C)c6ccccc65)ccc4)(c4ccccc4)c4ccccc4)ccc3c3ccccc32)c1.[Pt]. The van der Waals surface area contributed by atoms with E-state index in [2.05, 4.69) is 212 Å². The third kappa shape index (κ3) is 5.72. The Balaban J connectivity index is 0.00000413. The van der Waals surface area contributed by atoms with Gasteiger partial charge in [-0.1, -0.05) is 104 Å². The summed E-state index contributed by atoms with van der Waals surface area (Å²) < 4.78 is 6.90. The molecule has 0 aliphatic rings. The summed E-state index contributed by atoms with van der Waals surface area (Å²) in [5.74, 6) is 1.27. The molecule has 3 heterocycles. The second kappa shape index (κ2) is 14.3. The van der Waals surface area contributed by atoms with E-state index >= 15 is 0 Å². The molecule has 4 nitrogen and oxygen atoms in total. The van der Waals surface area contributed by atoms with Gasteiger partial charge in [0.15, 0.2) is 17.4 Å². The van der Waals surface area contributed by atoms with Crippen molar-refractivity contribution < 1.29 is 21.1 Å². The Morgan fingerprint density at radius 3 is 1.91 bits per heavy atom. The van der Waals surface area contributed by atoms with Gasteiger partial charge in [0.05, 0.1) is 6.04 Å². The van der Waals surface area contributed by atoms with E-state index in [-0.39, 0.29) is 21.1 Å². The second-order valence-corrected chi connectivity index (χ2v) is 14.5. The van der Waals surface area contributed by atoms with Crippen LogP contribution in [0.25, 0.3) is 44.3 Å². The number of para-hydroxylation sites is 3. The molecule has 0 atom stereocenters. The van der Waals surface area contributed by atoms with Gasteiger partial charge in [0.1, 0.15) is 5.82 Å². The first-order valence-electron chi connectivity index (χ1n) is 18.5. The maximum absolute atomic E-state index is 4.95. The topological polar surface area (TPSA) is 27.7 Å². The molecule has 0 unspecified atom stereocenters. The van der Waals surface area contributed by atoms with Gasteiger partial charge in [-0.3, -0.25) is 0 Å². The van der Waals surface area contributed by atoms with Crippen molar-refractivity contribution in [1.82, 2.24) is 18.7 Å². The van der Waals surface area contributed by atoms with Crippen LogP contribution < -0.4 is 0 Å². The maximum Gasteiger partial charge on any atom is 0.188 e. The summed E-state index contributed by atoms with van der Waals surface area (Å²) in [5, 5.41) is 2.32. The second-order valence-electron chi connectivity index (χ2n) is 14.5. The van der Waals surface area contributed by atoms with Gasteiger partial charge >= 0.3 is 0 Å². The first-order valence-corrected chi connectivity index (χ1v) is 18.5. The van der Waals surface area contributed by atoms with E-state index < -0.39 is 5.41 Å². The third-order valence-corrected chi connectivity index (χ3v) is 10.7. The zero-order valence-corrected chi connectivity index (χ0v) is 33.1. The van der Waals surface area contributed by atoms with Crippen molar-refractivity contribution in [2.24, 2.45) is 0 Å². The predicted molar refractivity (Wildman–Crippen MR) is 218 cm³/mol. The molecule has 0 spiro atoms. The van der Waals surface area contributed by atoms with Crippen LogP contribution >= 0.6 is 0 Å². The molecule has 0 aliphatic carbocycles. The van der Waals surface area contributed by atoms with Crippen LogP contribution in [0.4, 0.5) is 0 Å². The first kappa shape index (κ1) is 35.5. The quantitative estimate of drug-likeness (QED) is 0.110. The minimum Gasteiger partial charge on any atom is -0.319 e. The van der Waals surface area contributed by atoms with Crippen LogP contribution in [0.2, 0.25) is 0 Å². The third-order valence-electron chi connectivity index (χ3n) is 10.7. The number of hydrogen-bond donors (Lipinski definition) is 0. The summed E-state index contributed by atoms with van der Waals surface area (Å²) in [6.07, 6.45) is 4.15. The van der Waals surface area contributed by atoms with Crippen molar-refractivity contribution in [3.63, 3.8) is 0 Å². The predicted octanol–water partition coefficient (Wildman–Crippen LogP) is 11.9. The number of hydrogen-bond acceptors (Lipinski definition) is 1. The van der Waals surface area contributed by atoms with Crippen LogP contribution in [-0.2, 0) is 26.5 Å². The number of benzene rings is 6. The van der Waals surface area contributed by atoms with Crippen molar-refractivity contribution in [1.29, 1.82) is 0 Å². The van der Waals surface area contributed by atoms with Crippen LogP contribution in [0.1, 0.15) is 67.5 Å². The molecule has 54 heavy (non-hydrogen) atoms. The van der Waals surface area contributed by atoms with Gasteiger partial charge in [-0.05, 0) is 72.2 Å². The van der Waals surface area contributed by atoms with E-state index in [4.69, 9.17) is 4.98 Å². The first-order chi connectivity index (χ1) is 25.9. The smallest absolute Gasteiger partial charge is 0.188 e. The molecule has 0 amide bonds. The van der Waals surface area contributed by atoms with Crippen LogP contribution in [0.5, 0.6) is 0 Å². The van der Waals surface area contributed by atoms with E-state index in [9.17, 15) is 0 Å². The number of imidazole rings is 1. The molecule has 0 aliphatic heterocycles. The van der Waals surface area contributed by atoms with Crippen molar-refractivity contribution in [3.05, 3.63) is 204 Å². The normalized spacial score (nSPS) is 11.9. The average molecular weight is 881 g/mol. The summed E-state index contributed by atoms with van der Waals surface area (Å²) in [5.41, 5.74) is 10.3. The van der Waals surface area contributed by atoms with Gasteiger partial charge in [0.25, 0.3) is 0 Å². The Bertz CT molecular complexity index is 2700. The minimum absolute atomic E-state index is 0. The Labute approximate surface area is 331 Å². The minimum atomic E-state index is -0.752. The molecule has 9 rings (SSSR count). The average Bonchev–Trinajstić information content (AvgIpc) is 3.76. The Hall–Kier alpha value is -5.57. The molecular weight excluding hydrogens is 840 g/mol. The summed E-state index contributed by atoms with van der Waals surface area (Å²) in [7, 11) is 0. The fraction of sp³-hybridized carbons (Fsp3) is 0.143. The fourth-order valence-corrected chi connectivity index (χ4v) is 8.13. The molecular formula is C49H41N4Pt-. The van der Waals surface area contributed by atoms with Gasteiger partial charge in [-0.2, -0.15) is 30.3 Å². The molecule has 5 heteroatoms. The fourth-order valence-electron chi connectivity index (χ4n) is 8.13. The molecule has 0 bridgehead atoms. The number of nitrogens with zero attached hydrogens (tertiary/aromatic N) is 4. The van der Waals surface area contributed by atoms with Crippen LogP contribution in [-0.4, -0.2) is 18.7 Å². The van der Waals surface area contributed by atoms with E-state index in [1.54, 1.807) is 0 Å². The van der Waals surface area contributed by atoms with Crippen LogP contribution in [0, 0.1) is 12.1 Å². The molecule has 0 saturated heterocycles. The molecule has 3 aromatic heterocycles. The zero-order chi connectivity index (χ0) is 36.1. The number of aromatic nitrogens is 4. The molecule has 0 N–H and O–H groups in total. The van der Waals surface area contributed by atoms with Crippen molar-refractivity contribution in [3.8, 4) is 11.5 Å². The molecule has 6 aromatic carbocycles. The molecule has 0 fully saturated rings. The summed E-state index contributed by atoms with van der Waals surface area (Å²) >= 11 is 0. The van der Waals surface area contributed by atoms with Gasteiger partial charge in [-0.15, -0.1) is 22.6 Å². The summed E-state index contributed by atoms with van der Waals surface area (Å²) in [4.78, 5) is 4.95. The largest absolute Gasteiger partial charge is 0.319 e. The van der Waals surface area contributed by atoms with Gasteiger partial charge in [0, 0.05) is 56.0 Å². The zero-order valence-electron chi connectivity index (χ0n) is 30.8. The number of fused-ring (bicyclic) bond motifs is 4. The monoisotopic (exact) mass is 880 g/mol. The van der Waals surface area contributed by atoms with Crippen molar-refractivity contribution >= 4 is 32.8 Å². The molecule has 0 saturated carbocycles. The van der Waals surface area contributed by atoms with E-state index in [0.717, 1.165) is 55.7 Å². The van der Waals surface area contributed by atoms with E-state index in [1.165, 1.54) is 16.5 Å². The number of pyridine rings is 1. The van der Waals surface area contributed by atoms with Gasteiger partial charge in [-0.25, -0.2) is 14.1 Å². The maximum atomic E-state index is 4.95. The Kier molecular flexibility index (Phi) is 9.42. The van der Waals surface area contributed by atoms with Crippen LogP contribution in [0.3, 0.4) is 0 Å². The summed E-state index contributed by atoms with van der Waals surface area (Å²) in [6.45, 7) is 8.92. The van der Waals surface area contributed by atoms with E-state index in [1.807, 2.05) is 6.20 Å². The number of rotatable bonds is 8. The molecule has 0 radical (unpaired) electrons. The standard InChI is InChI=1S/C49H41N4.Pt/c1-34(2)36-28-29-50-48(30-36)53-44-23-12-11-22-42(44)43-27-26-40(32-47(43)53)49(37-16-7-5-8-17-37,38-18-9-6-10-19-38)39-20-15-21-41(31-39)52-33-51(35(3)4)45-24-13-14-25-46(45)52;/h5-30,33-35H,1-4H3;/q-1;. The van der Waals surface area contributed by atoms with E-state index in [0.29, 0.717) is 12.0 Å².